The second-order valence-corrected chi connectivity index (χ2v) is 7.07. The van der Waals surface area contributed by atoms with Crippen molar-refractivity contribution in [3.63, 3.8) is 0 Å². The molecule has 1 aliphatic rings. The zero-order valence-corrected chi connectivity index (χ0v) is 12.1. The fourth-order valence-electron chi connectivity index (χ4n) is 2.54. The van der Waals surface area contributed by atoms with E-state index in [0.717, 1.165) is 30.4 Å². The molecule has 20 heavy (non-hydrogen) atoms. The number of carboxylic acids is 1. The number of hydrogen-bond donors (Lipinski definition) is 2. The first-order valence-corrected chi connectivity index (χ1v) is 8.12. The van der Waals surface area contributed by atoms with Crippen LogP contribution in [-0.2, 0) is 21.4 Å². The molecule has 1 heterocycles. The molecule has 1 saturated carbocycles. The van der Waals surface area contributed by atoms with Gasteiger partial charge in [-0.15, -0.1) is 0 Å². The van der Waals surface area contributed by atoms with Gasteiger partial charge in [-0.3, -0.25) is 9.48 Å². The van der Waals surface area contributed by atoms with E-state index in [2.05, 4.69) is 16.7 Å². The molecule has 0 radical (unpaired) electrons. The van der Waals surface area contributed by atoms with Crippen molar-refractivity contribution in [3.05, 3.63) is 12.4 Å². The average molecular weight is 301 g/mol. The molecule has 7 nitrogen and oxygen atoms in total. The topological polar surface area (TPSA) is 101 Å². The molecule has 2 N–H and O–H groups in total. The van der Waals surface area contributed by atoms with E-state index < -0.39 is 16.0 Å². The van der Waals surface area contributed by atoms with Gasteiger partial charge in [-0.25, -0.2) is 13.1 Å². The molecule has 2 rings (SSSR count). The maximum Gasteiger partial charge on any atom is 0.325 e. The lowest BCUT2D eigenvalue weighted by molar-refractivity contribution is -0.137. The lowest BCUT2D eigenvalue weighted by Gasteiger charge is -2.26. The van der Waals surface area contributed by atoms with Crippen LogP contribution in [0.5, 0.6) is 0 Å². The zero-order chi connectivity index (χ0) is 14.8. The van der Waals surface area contributed by atoms with Crippen LogP contribution in [0.2, 0.25) is 0 Å². The number of carboxylic acid groups (broad SMARTS) is 1. The van der Waals surface area contributed by atoms with E-state index >= 15 is 0 Å². The maximum absolute atomic E-state index is 12.2. The van der Waals surface area contributed by atoms with Gasteiger partial charge >= 0.3 is 5.97 Å². The van der Waals surface area contributed by atoms with Crippen LogP contribution in [0.15, 0.2) is 17.3 Å². The van der Waals surface area contributed by atoms with Gasteiger partial charge in [-0.1, -0.05) is 19.8 Å². The highest BCUT2D eigenvalue weighted by Gasteiger charge is 2.25. The second-order valence-electron chi connectivity index (χ2n) is 5.36. The van der Waals surface area contributed by atoms with Gasteiger partial charge in [0.25, 0.3) is 0 Å². The third-order valence-corrected chi connectivity index (χ3v) is 4.95. The molecule has 2 unspecified atom stereocenters. The minimum atomic E-state index is -3.62. The fraction of sp³-hybridized carbons (Fsp3) is 0.667. The van der Waals surface area contributed by atoms with Crippen molar-refractivity contribution in [2.45, 2.75) is 50.1 Å². The Labute approximate surface area is 118 Å². The number of hydrogen-bond acceptors (Lipinski definition) is 4. The van der Waals surface area contributed by atoms with Gasteiger partial charge in [0.15, 0.2) is 0 Å². The highest BCUT2D eigenvalue weighted by atomic mass is 32.2. The Hall–Kier alpha value is -1.41. The number of nitrogens with one attached hydrogen (secondary N) is 1. The van der Waals surface area contributed by atoms with E-state index in [4.69, 9.17) is 5.11 Å². The molecule has 0 saturated heterocycles. The number of aromatic nitrogens is 2. The molecule has 0 aliphatic heterocycles. The summed E-state index contributed by atoms with van der Waals surface area (Å²) in [7, 11) is -3.62. The highest BCUT2D eigenvalue weighted by molar-refractivity contribution is 7.89. The van der Waals surface area contributed by atoms with Crippen LogP contribution in [0.25, 0.3) is 0 Å². The summed E-state index contributed by atoms with van der Waals surface area (Å²) in [6, 6.07) is -0.0495. The van der Waals surface area contributed by atoms with Crippen molar-refractivity contribution in [2.75, 3.05) is 0 Å². The number of aliphatic carboxylic acids is 1. The maximum atomic E-state index is 12.2. The summed E-state index contributed by atoms with van der Waals surface area (Å²) in [5.74, 6) is -0.544. The third-order valence-electron chi connectivity index (χ3n) is 3.48. The lowest BCUT2D eigenvalue weighted by Crippen LogP contribution is -2.37. The van der Waals surface area contributed by atoms with Crippen LogP contribution in [0, 0.1) is 5.92 Å². The van der Waals surface area contributed by atoms with Gasteiger partial charge in [0.2, 0.25) is 10.0 Å². The van der Waals surface area contributed by atoms with E-state index in [9.17, 15) is 13.2 Å². The summed E-state index contributed by atoms with van der Waals surface area (Å²) in [6.07, 6.45) is 6.25. The predicted octanol–water partition coefficient (Wildman–Crippen LogP) is 0.825. The molecule has 112 valence electrons. The van der Waals surface area contributed by atoms with Crippen LogP contribution in [0.4, 0.5) is 0 Å². The molecule has 8 heteroatoms. The minimum absolute atomic E-state index is 0.0111. The summed E-state index contributed by atoms with van der Waals surface area (Å²) >= 11 is 0. The molecule has 0 spiro atoms. The Kier molecular flexibility index (Phi) is 4.44. The molecule has 1 aromatic heterocycles. The Bertz CT molecular complexity index is 581. The highest BCUT2D eigenvalue weighted by Crippen LogP contribution is 2.24. The largest absolute Gasteiger partial charge is 0.480 e. The Balaban J connectivity index is 2.06. The standard InChI is InChI=1S/C12H19N3O4S/c1-9-3-2-4-10(5-9)14-20(18,19)11-6-13-15(7-11)8-12(16)17/h6-7,9-10,14H,2-5,8H2,1H3,(H,16,17). The van der Waals surface area contributed by atoms with Gasteiger partial charge in [0.05, 0.1) is 6.20 Å². The van der Waals surface area contributed by atoms with Crippen molar-refractivity contribution < 1.29 is 18.3 Å². The number of carbonyl (C=O) groups is 1. The van der Waals surface area contributed by atoms with Gasteiger partial charge in [0.1, 0.15) is 11.4 Å². The van der Waals surface area contributed by atoms with Crippen LogP contribution in [0.1, 0.15) is 32.6 Å². The van der Waals surface area contributed by atoms with Crippen molar-refractivity contribution in [2.24, 2.45) is 5.92 Å². The summed E-state index contributed by atoms with van der Waals surface area (Å²) < 4.78 is 28.2. The van der Waals surface area contributed by atoms with Gasteiger partial charge in [0, 0.05) is 12.2 Å². The third kappa shape index (κ3) is 3.80. The first-order valence-electron chi connectivity index (χ1n) is 6.63. The summed E-state index contributed by atoms with van der Waals surface area (Å²) in [4.78, 5) is 10.6. The smallest absolute Gasteiger partial charge is 0.325 e. The van der Waals surface area contributed by atoms with Crippen molar-refractivity contribution >= 4 is 16.0 Å². The zero-order valence-electron chi connectivity index (χ0n) is 11.3. The summed E-state index contributed by atoms with van der Waals surface area (Å²) in [6.45, 7) is 1.77. The second kappa shape index (κ2) is 5.92. The van der Waals surface area contributed by atoms with E-state index in [1.54, 1.807) is 0 Å². The van der Waals surface area contributed by atoms with E-state index in [1.807, 2.05) is 0 Å². The van der Waals surface area contributed by atoms with Crippen molar-refractivity contribution in [1.82, 2.24) is 14.5 Å². The molecule has 0 bridgehead atoms. The quantitative estimate of drug-likeness (QED) is 0.838. The van der Waals surface area contributed by atoms with E-state index in [0.29, 0.717) is 5.92 Å². The normalized spacial score (nSPS) is 23.6. The predicted molar refractivity (Wildman–Crippen MR) is 71.6 cm³/mol. The Morgan fingerprint density at radius 3 is 2.95 bits per heavy atom. The number of sulfonamides is 1. The van der Waals surface area contributed by atoms with Crippen LogP contribution >= 0.6 is 0 Å². The molecular formula is C12H19N3O4S. The molecule has 0 amide bonds. The summed E-state index contributed by atoms with van der Waals surface area (Å²) in [5.41, 5.74) is 0. The van der Waals surface area contributed by atoms with Gasteiger partial charge in [-0.2, -0.15) is 5.10 Å². The molecule has 0 aromatic carbocycles. The number of rotatable bonds is 5. The fourth-order valence-corrected chi connectivity index (χ4v) is 3.77. The van der Waals surface area contributed by atoms with E-state index in [1.165, 1.54) is 12.4 Å². The van der Waals surface area contributed by atoms with Crippen molar-refractivity contribution in [1.29, 1.82) is 0 Å². The first-order chi connectivity index (χ1) is 9.37. The van der Waals surface area contributed by atoms with Crippen LogP contribution in [0.3, 0.4) is 0 Å². The van der Waals surface area contributed by atoms with Crippen molar-refractivity contribution in [3.8, 4) is 0 Å². The molecule has 1 aromatic rings. The first kappa shape index (κ1) is 15.0. The summed E-state index contributed by atoms with van der Waals surface area (Å²) in [5, 5.41) is 12.4. The molecule has 1 fully saturated rings. The lowest BCUT2D eigenvalue weighted by atomic mass is 9.88. The van der Waals surface area contributed by atoms with Crippen LogP contribution < -0.4 is 4.72 Å². The van der Waals surface area contributed by atoms with Crippen LogP contribution in [-0.4, -0.2) is 35.3 Å². The molecule has 2 atom stereocenters. The van der Waals surface area contributed by atoms with Gasteiger partial charge in [-0.05, 0) is 18.8 Å². The Morgan fingerprint density at radius 1 is 1.55 bits per heavy atom. The Morgan fingerprint density at radius 2 is 2.30 bits per heavy atom. The monoisotopic (exact) mass is 301 g/mol. The SMILES string of the molecule is CC1CCCC(NS(=O)(=O)c2cnn(CC(=O)O)c2)C1. The molecule has 1 aliphatic carbocycles. The minimum Gasteiger partial charge on any atom is -0.480 e. The average Bonchev–Trinajstić information content (AvgIpc) is 2.76. The van der Waals surface area contributed by atoms with Gasteiger partial charge < -0.3 is 5.11 Å². The molecular weight excluding hydrogens is 282 g/mol. The van der Waals surface area contributed by atoms with E-state index in [-0.39, 0.29) is 17.5 Å². The number of nitrogens with zero attached hydrogens (tertiary/aromatic N) is 2.